The molecule has 1 radical (unpaired) electrons. The van der Waals surface area contributed by atoms with E-state index >= 15 is 0 Å². The molecule has 0 aromatic heterocycles. The molecule has 0 saturated carbocycles. The summed E-state index contributed by atoms with van der Waals surface area (Å²) in [5, 5.41) is 0. The SMILES string of the molecule is [CH2]c1ccccc1C(CCC)CCC. The van der Waals surface area contributed by atoms with Gasteiger partial charge in [-0.1, -0.05) is 51.0 Å². The van der Waals surface area contributed by atoms with Gasteiger partial charge in [0.2, 0.25) is 0 Å². The van der Waals surface area contributed by atoms with Crippen LogP contribution in [0.4, 0.5) is 0 Å². The lowest BCUT2D eigenvalue weighted by Gasteiger charge is -2.17. The minimum Gasteiger partial charge on any atom is -0.0654 e. The van der Waals surface area contributed by atoms with E-state index in [9.17, 15) is 0 Å². The third kappa shape index (κ3) is 2.87. The largest absolute Gasteiger partial charge is 0.0654 e. The molecule has 14 heavy (non-hydrogen) atoms. The van der Waals surface area contributed by atoms with E-state index in [1.54, 1.807) is 0 Å². The molecule has 0 nitrogen and oxygen atoms in total. The van der Waals surface area contributed by atoms with E-state index in [2.05, 4.69) is 45.0 Å². The third-order valence-corrected chi connectivity index (χ3v) is 2.77. The summed E-state index contributed by atoms with van der Waals surface area (Å²) < 4.78 is 0. The van der Waals surface area contributed by atoms with Crippen LogP contribution in [0.15, 0.2) is 24.3 Å². The van der Waals surface area contributed by atoms with Crippen molar-refractivity contribution in [1.82, 2.24) is 0 Å². The maximum atomic E-state index is 4.11. The van der Waals surface area contributed by atoms with E-state index in [4.69, 9.17) is 0 Å². The summed E-state index contributed by atoms with van der Waals surface area (Å²) in [6, 6.07) is 8.55. The Kier molecular flexibility index (Phi) is 4.72. The van der Waals surface area contributed by atoms with Gasteiger partial charge in [0.05, 0.1) is 0 Å². The molecule has 0 heteroatoms. The molecule has 1 aromatic carbocycles. The zero-order valence-electron chi connectivity index (χ0n) is 9.42. The van der Waals surface area contributed by atoms with Crippen molar-refractivity contribution in [3.05, 3.63) is 42.3 Å². The topological polar surface area (TPSA) is 0 Å². The van der Waals surface area contributed by atoms with Gasteiger partial charge < -0.3 is 0 Å². The first-order valence-corrected chi connectivity index (χ1v) is 5.70. The number of rotatable bonds is 5. The normalized spacial score (nSPS) is 10.9. The molecule has 0 unspecified atom stereocenters. The first kappa shape index (κ1) is 11.3. The molecule has 0 saturated heterocycles. The summed E-state index contributed by atoms with van der Waals surface area (Å²) in [6.45, 7) is 8.62. The van der Waals surface area contributed by atoms with Crippen molar-refractivity contribution in [3.8, 4) is 0 Å². The van der Waals surface area contributed by atoms with Crippen molar-refractivity contribution < 1.29 is 0 Å². The molecule has 0 aliphatic carbocycles. The van der Waals surface area contributed by atoms with Gasteiger partial charge in [0.1, 0.15) is 0 Å². The van der Waals surface area contributed by atoms with Crippen LogP contribution in [0.2, 0.25) is 0 Å². The van der Waals surface area contributed by atoms with Gasteiger partial charge in [0.25, 0.3) is 0 Å². The van der Waals surface area contributed by atoms with E-state index in [0.29, 0.717) is 0 Å². The van der Waals surface area contributed by atoms with E-state index < -0.39 is 0 Å². The highest BCUT2D eigenvalue weighted by Gasteiger charge is 2.10. The van der Waals surface area contributed by atoms with Gasteiger partial charge in [-0.2, -0.15) is 0 Å². The quantitative estimate of drug-likeness (QED) is 0.637. The fourth-order valence-corrected chi connectivity index (χ4v) is 2.08. The maximum Gasteiger partial charge on any atom is -0.0159 e. The molecule has 0 atom stereocenters. The fraction of sp³-hybridized carbons (Fsp3) is 0.500. The van der Waals surface area contributed by atoms with Crippen molar-refractivity contribution in [2.24, 2.45) is 0 Å². The number of hydrogen-bond donors (Lipinski definition) is 0. The van der Waals surface area contributed by atoms with Gasteiger partial charge in [-0.3, -0.25) is 0 Å². The molecule has 0 N–H and O–H groups in total. The minimum atomic E-state index is 0.721. The van der Waals surface area contributed by atoms with Gasteiger partial charge in [-0.15, -0.1) is 0 Å². The standard InChI is InChI=1S/C14H21/c1-4-8-13(9-5-2)14-11-7-6-10-12(14)3/h6-7,10-11,13H,3-5,8-9H2,1-2H3. The van der Waals surface area contributed by atoms with E-state index in [0.717, 1.165) is 5.92 Å². The highest BCUT2D eigenvalue weighted by molar-refractivity contribution is 5.32. The van der Waals surface area contributed by atoms with E-state index in [1.807, 2.05) is 0 Å². The zero-order valence-corrected chi connectivity index (χ0v) is 9.42. The number of benzene rings is 1. The molecule has 1 rings (SSSR count). The van der Waals surface area contributed by atoms with E-state index in [1.165, 1.54) is 36.8 Å². The Morgan fingerprint density at radius 3 is 2.14 bits per heavy atom. The van der Waals surface area contributed by atoms with E-state index in [-0.39, 0.29) is 0 Å². The minimum absolute atomic E-state index is 0.721. The predicted octanol–water partition coefficient (Wildman–Crippen LogP) is 4.55. The lowest BCUT2D eigenvalue weighted by atomic mass is 9.88. The maximum absolute atomic E-state index is 4.11. The summed E-state index contributed by atoms with van der Waals surface area (Å²) >= 11 is 0. The fourth-order valence-electron chi connectivity index (χ4n) is 2.08. The summed E-state index contributed by atoms with van der Waals surface area (Å²) in [5.41, 5.74) is 2.66. The van der Waals surface area contributed by atoms with Crippen LogP contribution in [-0.4, -0.2) is 0 Å². The Balaban J connectivity index is 2.81. The van der Waals surface area contributed by atoms with Crippen LogP contribution in [0.25, 0.3) is 0 Å². The molecule has 0 bridgehead atoms. The second kappa shape index (κ2) is 5.85. The Morgan fingerprint density at radius 2 is 1.64 bits per heavy atom. The summed E-state index contributed by atoms with van der Waals surface area (Å²) in [5.74, 6) is 0.721. The van der Waals surface area contributed by atoms with Crippen molar-refractivity contribution in [2.45, 2.75) is 45.4 Å². The second-order valence-electron chi connectivity index (χ2n) is 3.97. The van der Waals surface area contributed by atoms with Crippen LogP contribution in [0.3, 0.4) is 0 Å². The van der Waals surface area contributed by atoms with Gasteiger partial charge >= 0.3 is 0 Å². The molecule has 0 fully saturated rings. The Bertz CT molecular complexity index is 256. The average molecular weight is 189 g/mol. The molecule has 0 aliphatic heterocycles. The number of hydrogen-bond acceptors (Lipinski definition) is 0. The monoisotopic (exact) mass is 189 g/mol. The Morgan fingerprint density at radius 1 is 1.07 bits per heavy atom. The molecular weight excluding hydrogens is 168 g/mol. The van der Waals surface area contributed by atoms with Gasteiger partial charge in [0, 0.05) is 0 Å². The smallest absolute Gasteiger partial charge is 0.0159 e. The highest BCUT2D eigenvalue weighted by Crippen LogP contribution is 2.28. The van der Waals surface area contributed by atoms with Crippen LogP contribution in [0, 0.1) is 6.92 Å². The molecular formula is C14H21. The van der Waals surface area contributed by atoms with Crippen LogP contribution < -0.4 is 0 Å². The summed E-state index contributed by atoms with van der Waals surface area (Å²) in [6.07, 6.45) is 5.11. The zero-order chi connectivity index (χ0) is 10.4. The van der Waals surface area contributed by atoms with Gasteiger partial charge in [0.15, 0.2) is 0 Å². The van der Waals surface area contributed by atoms with Crippen molar-refractivity contribution >= 4 is 0 Å². The predicted molar refractivity (Wildman–Crippen MR) is 63.5 cm³/mol. The molecule has 77 valence electrons. The van der Waals surface area contributed by atoms with Crippen molar-refractivity contribution in [3.63, 3.8) is 0 Å². The van der Waals surface area contributed by atoms with Gasteiger partial charge in [-0.25, -0.2) is 0 Å². The summed E-state index contributed by atoms with van der Waals surface area (Å²) in [4.78, 5) is 0. The molecule has 0 heterocycles. The second-order valence-corrected chi connectivity index (χ2v) is 3.97. The Hall–Kier alpha value is -0.780. The Labute approximate surface area is 88.4 Å². The van der Waals surface area contributed by atoms with Crippen LogP contribution in [-0.2, 0) is 0 Å². The van der Waals surface area contributed by atoms with Crippen LogP contribution in [0.5, 0.6) is 0 Å². The molecule has 0 spiro atoms. The van der Waals surface area contributed by atoms with Crippen molar-refractivity contribution in [2.75, 3.05) is 0 Å². The molecule has 0 aliphatic rings. The third-order valence-electron chi connectivity index (χ3n) is 2.77. The first-order valence-electron chi connectivity index (χ1n) is 5.70. The summed E-state index contributed by atoms with van der Waals surface area (Å²) in [7, 11) is 0. The lowest BCUT2D eigenvalue weighted by Crippen LogP contribution is -2.00. The van der Waals surface area contributed by atoms with Crippen LogP contribution >= 0.6 is 0 Å². The lowest BCUT2D eigenvalue weighted by molar-refractivity contribution is 0.559. The molecule has 0 amide bonds. The van der Waals surface area contributed by atoms with Crippen LogP contribution in [0.1, 0.15) is 56.6 Å². The molecule has 1 aromatic rings. The van der Waals surface area contributed by atoms with Crippen molar-refractivity contribution in [1.29, 1.82) is 0 Å². The van der Waals surface area contributed by atoms with Gasteiger partial charge in [-0.05, 0) is 36.8 Å². The highest BCUT2D eigenvalue weighted by atomic mass is 14.2. The first-order chi connectivity index (χ1) is 6.79. The average Bonchev–Trinajstić information content (AvgIpc) is 2.18.